The van der Waals surface area contributed by atoms with Gasteiger partial charge in [0.05, 0.1) is 25.7 Å². The number of carbonyl (C=O) groups is 1. The highest BCUT2D eigenvalue weighted by Crippen LogP contribution is 2.37. The Morgan fingerprint density at radius 1 is 1.17 bits per heavy atom. The second kappa shape index (κ2) is 13.6. The summed E-state index contributed by atoms with van der Waals surface area (Å²) in [5, 5.41) is 10.9. The van der Waals surface area contributed by atoms with E-state index in [0.29, 0.717) is 13.2 Å². The number of hydrogen-bond donors (Lipinski definition) is 2. The van der Waals surface area contributed by atoms with Gasteiger partial charge >= 0.3 is 6.18 Å². The van der Waals surface area contributed by atoms with Crippen LogP contribution in [-0.4, -0.2) is 68.9 Å². The van der Waals surface area contributed by atoms with Crippen LogP contribution < -0.4 is 10.1 Å². The number of aromatic nitrogens is 1. The maximum absolute atomic E-state index is 12.7. The van der Waals surface area contributed by atoms with E-state index in [1.165, 1.54) is 19.2 Å². The van der Waals surface area contributed by atoms with E-state index in [-0.39, 0.29) is 61.5 Å². The van der Waals surface area contributed by atoms with Gasteiger partial charge in [0.1, 0.15) is 17.3 Å². The molecule has 1 aliphatic rings. The molecule has 2 rings (SSSR count). The quantitative estimate of drug-likeness (QED) is 0.461. The molecule has 0 spiro atoms. The molecule has 0 aliphatic heterocycles. The summed E-state index contributed by atoms with van der Waals surface area (Å²) < 4.78 is 52.8. The van der Waals surface area contributed by atoms with E-state index in [9.17, 15) is 18.0 Å². The number of pyridine rings is 1. The van der Waals surface area contributed by atoms with Crippen molar-refractivity contribution in [3.8, 4) is 5.88 Å². The van der Waals surface area contributed by atoms with Crippen molar-refractivity contribution in [3.05, 3.63) is 22.8 Å². The van der Waals surface area contributed by atoms with E-state index in [1.807, 2.05) is 0 Å². The molecule has 11 heteroatoms. The minimum atomic E-state index is -4.17. The third-order valence-corrected chi connectivity index (χ3v) is 4.63. The normalized spacial score (nSPS) is 18.9. The molecule has 0 unspecified atom stereocenters. The SMILES string of the molecule is COCCO.COCCOc1nc(Cl)ccc1C(=O)NC1CCC(C(F)(F)F)CC1. The van der Waals surface area contributed by atoms with Gasteiger partial charge in [-0.3, -0.25) is 4.79 Å². The Morgan fingerprint density at radius 3 is 2.30 bits per heavy atom. The molecule has 2 N–H and O–H groups in total. The molecule has 1 aromatic rings. The van der Waals surface area contributed by atoms with Gasteiger partial charge in [-0.1, -0.05) is 11.6 Å². The van der Waals surface area contributed by atoms with Crippen LogP contribution >= 0.6 is 11.6 Å². The Balaban J connectivity index is 0.000000804. The van der Waals surface area contributed by atoms with Gasteiger partial charge in [0.25, 0.3) is 5.91 Å². The second-order valence-corrected chi connectivity index (χ2v) is 7.00. The summed E-state index contributed by atoms with van der Waals surface area (Å²) in [7, 11) is 3.07. The number of halogens is 4. The lowest BCUT2D eigenvalue weighted by molar-refractivity contribution is -0.182. The average Bonchev–Trinajstić information content (AvgIpc) is 2.69. The van der Waals surface area contributed by atoms with Crippen LogP contribution in [0, 0.1) is 5.92 Å². The summed E-state index contributed by atoms with van der Waals surface area (Å²) in [6.07, 6.45) is -3.56. The van der Waals surface area contributed by atoms with Crippen molar-refractivity contribution < 1.29 is 37.3 Å². The van der Waals surface area contributed by atoms with Gasteiger partial charge in [-0.25, -0.2) is 4.98 Å². The first-order chi connectivity index (χ1) is 14.2. The van der Waals surface area contributed by atoms with Crippen LogP contribution in [0.2, 0.25) is 5.15 Å². The van der Waals surface area contributed by atoms with Crippen molar-refractivity contribution in [2.75, 3.05) is 40.6 Å². The number of aliphatic hydroxyl groups is 1. The van der Waals surface area contributed by atoms with Crippen molar-refractivity contribution in [3.63, 3.8) is 0 Å². The summed E-state index contributed by atoms with van der Waals surface area (Å²) in [4.78, 5) is 16.4. The highest BCUT2D eigenvalue weighted by atomic mass is 35.5. The van der Waals surface area contributed by atoms with E-state index in [0.717, 1.165) is 0 Å². The Bertz CT molecular complexity index is 639. The topological polar surface area (TPSA) is 89.9 Å². The number of methoxy groups -OCH3 is 2. The van der Waals surface area contributed by atoms with Gasteiger partial charge in [-0.2, -0.15) is 13.2 Å². The van der Waals surface area contributed by atoms with Crippen molar-refractivity contribution in [2.24, 2.45) is 5.92 Å². The summed E-state index contributed by atoms with van der Waals surface area (Å²) in [5.74, 6) is -1.65. The molecule has 172 valence electrons. The van der Waals surface area contributed by atoms with Crippen LogP contribution in [0.1, 0.15) is 36.0 Å². The monoisotopic (exact) mass is 456 g/mol. The van der Waals surface area contributed by atoms with Gasteiger partial charge in [0, 0.05) is 20.3 Å². The van der Waals surface area contributed by atoms with Gasteiger partial charge in [0.2, 0.25) is 5.88 Å². The van der Waals surface area contributed by atoms with Crippen LogP contribution in [-0.2, 0) is 9.47 Å². The third-order valence-electron chi connectivity index (χ3n) is 4.42. The first kappa shape index (κ1) is 26.4. The summed E-state index contributed by atoms with van der Waals surface area (Å²) in [5.41, 5.74) is 0.193. The second-order valence-electron chi connectivity index (χ2n) is 6.61. The molecule has 1 aliphatic carbocycles. The molecule has 0 aromatic carbocycles. The molecule has 30 heavy (non-hydrogen) atoms. The molecule has 1 fully saturated rings. The van der Waals surface area contributed by atoms with E-state index >= 15 is 0 Å². The maximum atomic E-state index is 12.7. The van der Waals surface area contributed by atoms with Crippen LogP contribution in [0.3, 0.4) is 0 Å². The van der Waals surface area contributed by atoms with Crippen LogP contribution in [0.25, 0.3) is 0 Å². The van der Waals surface area contributed by atoms with Gasteiger partial charge < -0.3 is 24.6 Å². The molecular weight excluding hydrogens is 429 g/mol. The predicted molar refractivity (Wildman–Crippen MR) is 105 cm³/mol. The number of rotatable bonds is 8. The van der Waals surface area contributed by atoms with Crippen molar-refractivity contribution in [2.45, 2.75) is 37.9 Å². The Kier molecular flexibility index (Phi) is 12.0. The first-order valence-corrected chi connectivity index (χ1v) is 9.86. The number of amides is 1. The number of ether oxygens (including phenoxy) is 3. The standard InChI is InChI=1S/C16H20ClF3N2O3.C3H8O2/c1-24-8-9-25-15-12(6-7-13(17)22-15)14(23)21-11-4-2-10(3-5-11)16(18,19)20;1-5-3-2-4/h6-7,10-11H,2-5,8-9H2,1H3,(H,21,23);4H,2-3H2,1H3. The fourth-order valence-electron chi connectivity index (χ4n) is 2.84. The van der Waals surface area contributed by atoms with Crippen LogP contribution in [0.15, 0.2) is 12.1 Å². The Morgan fingerprint density at radius 2 is 1.80 bits per heavy atom. The fourth-order valence-corrected chi connectivity index (χ4v) is 2.98. The number of carbonyl (C=O) groups excluding carboxylic acids is 1. The smallest absolute Gasteiger partial charge is 0.391 e. The van der Waals surface area contributed by atoms with Crippen molar-refractivity contribution >= 4 is 17.5 Å². The lowest BCUT2D eigenvalue weighted by Crippen LogP contribution is -2.40. The number of aliphatic hydroxyl groups excluding tert-OH is 1. The molecule has 1 amide bonds. The van der Waals surface area contributed by atoms with Gasteiger partial charge in [-0.15, -0.1) is 0 Å². The zero-order valence-corrected chi connectivity index (χ0v) is 17.8. The molecule has 1 saturated carbocycles. The van der Waals surface area contributed by atoms with E-state index in [4.69, 9.17) is 26.2 Å². The average molecular weight is 457 g/mol. The zero-order chi connectivity index (χ0) is 22.6. The van der Waals surface area contributed by atoms with Gasteiger partial charge in [-0.05, 0) is 37.8 Å². The lowest BCUT2D eigenvalue weighted by Gasteiger charge is -2.30. The largest absolute Gasteiger partial charge is 0.475 e. The molecule has 0 bridgehead atoms. The fraction of sp³-hybridized carbons (Fsp3) is 0.684. The molecule has 7 nitrogen and oxygen atoms in total. The number of nitrogens with zero attached hydrogens (tertiary/aromatic N) is 1. The molecule has 0 atom stereocenters. The van der Waals surface area contributed by atoms with Crippen LogP contribution in [0.4, 0.5) is 13.2 Å². The lowest BCUT2D eigenvalue weighted by atomic mass is 9.85. The summed E-state index contributed by atoms with van der Waals surface area (Å²) in [6.45, 7) is 1.08. The van der Waals surface area contributed by atoms with E-state index in [2.05, 4.69) is 15.0 Å². The summed E-state index contributed by atoms with van der Waals surface area (Å²) in [6, 6.07) is 2.64. The van der Waals surface area contributed by atoms with Crippen molar-refractivity contribution in [1.29, 1.82) is 0 Å². The minimum absolute atomic E-state index is 0.0184. The zero-order valence-electron chi connectivity index (χ0n) is 17.0. The molecule has 1 heterocycles. The first-order valence-electron chi connectivity index (χ1n) is 9.48. The highest BCUT2D eigenvalue weighted by molar-refractivity contribution is 6.29. The minimum Gasteiger partial charge on any atom is -0.475 e. The number of hydrogen-bond acceptors (Lipinski definition) is 6. The van der Waals surface area contributed by atoms with Gasteiger partial charge in [0.15, 0.2) is 0 Å². The molecule has 1 aromatic heterocycles. The third kappa shape index (κ3) is 9.46. The molecular formula is C19H28ClF3N2O5. The molecule has 0 saturated heterocycles. The number of nitrogens with one attached hydrogen (secondary N) is 1. The maximum Gasteiger partial charge on any atom is 0.391 e. The predicted octanol–water partition coefficient (Wildman–Crippen LogP) is 3.24. The van der Waals surface area contributed by atoms with Crippen molar-refractivity contribution in [1.82, 2.24) is 10.3 Å². The van der Waals surface area contributed by atoms with E-state index < -0.39 is 18.0 Å². The van der Waals surface area contributed by atoms with Crippen LogP contribution in [0.5, 0.6) is 5.88 Å². The summed E-state index contributed by atoms with van der Waals surface area (Å²) >= 11 is 5.82. The molecule has 0 radical (unpaired) electrons. The van der Waals surface area contributed by atoms with E-state index in [1.54, 1.807) is 7.11 Å². The highest BCUT2D eigenvalue weighted by Gasteiger charge is 2.41. The Labute approximate surface area is 178 Å². The Hall–Kier alpha value is -1.62. The number of alkyl halides is 3.